The number of rotatable bonds is 2. The van der Waals surface area contributed by atoms with Gasteiger partial charge in [-0.05, 0) is 39.0 Å². The van der Waals surface area contributed by atoms with Crippen LogP contribution < -0.4 is 10.1 Å². The smallest absolute Gasteiger partial charge is 0.356 e. The fraction of sp³-hybridized carbons (Fsp3) is 0.889. The molecule has 6 nitrogen and oxygen atoms in total. The number of aromatic nitrogens is 4. The minimum Gasteiger partial charge on any atom is -0.457 e. The van der Waals surface area contributed by atoms with Crippen molar-refractivity contribution in [3.63, 3.8) is 0 Å². The van der Waals surface area contributed by atoms with E-state index in [4.69, 9.17) is 4.74 Å². The van der Waals surface area contributed by atoms with E-state index in [2.05, 4.69) is 20.7 Å². The van der Waals surface area contributed by atoms with Gasteiger partial charge in [0, 0.05) is 6.54 Å². The van der Waals surface area contributed by atoms with Gasteiger partial charge in [0.15, 0.2) is 0 Å². The topological polar surface area (TPSA) is 64.9 Å². The predicted molar refractivity (Wildman–Crippen MR) is 54.7 cm³/mol. The van der Waals surface area contributed by atoms with Gasteiger partial charge in [-0.2, -0.15) is 4.80 Å². The van der Waals surface area contributed by atoms with Crippen LogP contribution in [0, 0.1) is 0 Å². The Hall–Kier alpha value is -1.17. The lowest BCUT2D eigenvalue weighted by molar-refractivity contribution is 0.200. The number of hydrogen-bond acceptors (Lipinski definition) is 5. The molecule has 0 bridgehead atoms. The van der Waals surface area contributed by atoms with Gasteiger partial charge >= 0.3 is 6.01 Å². The molecule has 0 spiro atoms. The molecule has 1 aromatic rings. The van der Waals surface area contributed by atoms with Crippen LogP contribution >= 0.6 is 0 Å². The van der Waals surface area contributed by atoms with Crippen molar-refractivity contribution in [3.05, 3.63) is 0 Å². The lowest BCUT2D eigenvalue weighted by Gasteiger charge is -2.15. The first-order valence-electron chi connectivity index (χ1n) is 5.23. The maximum Gasteiger partial charge on any atom is 0.356 e. The van der Waals surface area contributed by atoms with E-state index >= 15 is 0 Å². The second-order valence-corrected chi connectivity index (χ2v) is 4.76. The Kier molecular flexibility index (Phi) is 2.60. The highest BCUT2D eigenvalue weighted by Gasteiger charge is 2.21. The summed E-state index contributed by atoms with van der Waals surface area (Å²) in [6, 6.07) is 0.374. The Morgan fingerprint density at radius 1 is 1.47 bits per heavy atom. The summed E-state index contributed by atoms with van der Waals surface area (Å²) in [6.45, 7) is 7.93. The van der Waals surface area contributed by atoms with Crippen molar-refractivity contribution in [2.75, 3.05) is 13.1 Å². The van der Waals surface area contributed by atoms with E-state index in [0.717, 1.165) is 19.5 Å². The molecule has 1 aromatic heterocycles. The van der Waals surface area contributed by atoms with Crippen molar-refractivity contribution in [1.82, 2.24) is 25.5 Å². The first kappa shape index (κ1) is 10.4. The molecule has 2 rings (SSSR count). The molecule has 0 aromatic carbocycles. The molecule has 0 aliphatic carbocycles. The van der Waals surface area contributed by atoms with Crippen LogP contribution in [0.1, 0.15) is 27.2 Å². The quantitative estimate of drug-likeness (QED) is 0.755. The third-order valence-corrected chi connectivity index (χ3v) is 2.28. The van der Waals surface area contributed by atoms with Crippen LogP contribution in [0.25, 0.3) is 0 Å². The Morgan fingerprint density at radius 3 is 2.80 bits per heavy atom. The lowest BCUT2D eigenvalue weighted by atomic mass is 10.1. The second-order valence-electron chi connectivity index (χ2n) is 4.76. The van der Waals surface area contributed by atoms with Crippen LogP contribution in [-0.2, 0) is 5.54 Å². The highest BCUT2D eigenvalue weighted by molar-refractivity contribution is 4.88. The number of hydrogen-bond donors (Lipinski definition) is 1. The molecular weight excluding hydrogens is 194 g/mol. The van der Waals surface area contributed by atoms with E-state index in [1.807, 2.05) is 20.8 Å². The van der Waals surface area contributed by atoms with E-state index in [-0.39, 0.29) is 11.6 Å². The summed E-state index contributed by atoms with van der Waals surface area (Å²) in [6.07, 6.45) is 1.19. The Bertz CT molecular complexity index is 323. The number of nitrogens with zero attached hydrogens (tertiary/aromatic N) is 4. The van der Waals surface area contributed by atoms with E-state index < -0.39 is 0 Å². The minimum atomic E-state index is -0.150. The monoisotopic (exact) mass is 211 g/mol. The summed E-state index contributed by atoms with van der Waals surface area (Å²) in [5, 5.41) is 15.2. The second kappa shape index (κ2) is 3.77. The number of tetrazole rings is 1. The molecule has 1 fully saturated rings. The molecule has 0 amide bonds. The average molecular weight is 211 g/mol. The summed E-state index contributed by atoms with van der Waals surface area (Å²) < 4.78 is 5.58. The highest BCUT2D eigenvalue weighted by atomic mass is 16.5. The maximum absolute atomic E-state index is 5.58. The SMILES string of the molecule is CC(C)(C)n1nnc(OC2CCNC2)n1. The van der Waals surface area contributed by atoms with Gasteiger partial charge in [-0.1, -0.05) is 10.2 Å². The van der Waals surface area contributed by atoms with Crippen molar-refractivity contribution < 1.29 is 4.74 Å². The van der Waals surface area contributed by atoms with Crippen molar-refractivity contribution >= 4 is 0 Å². The van der Waals surface area contributed by atoms with Crippen molar-refractivity contribution in [2.45, 2.75) is 38.8 Å². The fourth-order valence-electron chi connectivity index (χ4n) is 1.41. The molecule has 84 valence electrons. The van der Waals surface area contributed by atoms with Crippen LogP contribution in [0.5, 0.6) is 6.01 Å². The van der Waals surface area contributed by atoms with Crippen LogP contribution in [0.3, 0.4) is 0 Å². The zero-order chi connectivity index (χ0) is 10.9. The largest absolute Gasteiger partial charge is 0.457 e. The molecule has 0 radical (unpaired) electrons. The van der Waals surface area contributed by atoms with Gasteiger partial charge in [0.25, 0.3) is 0 Å². The summed E-state index contributed by atoms with van der Waals surface area (Å²) in [4.78, 5) is 1.57. The molecule has 1 unspecified atom stereocenters. The van der Waals surface area contributed by atoms with Gasteiger partial charge in [0.2, 0.25) is 0 Å². The van der Waals surface area contributed by atoms with Crippen LogP contribution in [0.4, 0.5) is 0 Å². The molecule has 1 N–H and O–H groups in total. The molecule has 1 aliphatic rings. The van der Waals surface area contributed by atoms with Crippen LogP contribution in [0.2, 0.25) is 0 Å². The molecule has 2 heterocycles. The van der Waals surface area contributed by atoms with E-state index in [0.29, 0.717) is 6.01 Å². The maximum atomic E-state index is 5.58. The third-order valence-electron chi connectivity index (χ3n) is 2.28. The standard InChI is InChI=1S/C9H17N5O/c1-9(2,3)14-12-8(11-13-14)15-7-4-5-10-6-7/h7,10H,4-6H2,1-3H3. The molecule has 6 heteroatoms. The lowest BCUT2D eigenvalue weighted by Crippen LogP contribution is -2.25. The van der Waals surface area contributed by atoms with Gasteiger partial charge in [-0.25, -0.2) is 0 Å². The van der Waals surface area contributed by atoms with Crippen molar-refractivity contribution in [3.8, 4) is 6.01 Å². The van der Waals surface area contributed by atoms with Crippen molar-refractivity contribution in [2.24, 2.45) is 0 Å². The zero-order valence-corrected chi connectivity index (χ0v) is 9.40. The van der Waals surface area contributed by atoms with Crippen LogP contribution in [-0.4, -0.2) is 39.4 Å². The predicted octanol–water partition coefficient (Wildman–Crippen LogP) is 0.169. The summed E-state index contributed by atoms with van der Waals surface area (Å²) >= 11 is 0. The highest BCUT2D eigenvalue weighted by Crippen LogP contribution is 2.13. The van der Waals surface area contributed by atoms with E-state index in [9.17, 15) is 0 Å². The molecule has 1 atom stereocenters. The van der Waals surface area contributed by atoms with Crippen molar-refractivity contribution in [1.29, 1.82) is 0 Å². The third kappa shape index (κ3) is 2.44. The summed E-state index contributed by atoms with van der Waals surface area (Å²) in [5.74, 6) is 0. The van der Waals surface area contributed by atoms with E-state index in [1.165, 1.54) is 0 Å². The van der Waals surface area contributed by atoms with Gasteiger partial charge in [-0.3, -0.25) is 0 Å². The van der Waals surface area contributed by atoms with E-state index in [1.54, 1.807) is 4.80 Å². The number of nitrogens with one attached hydrogen (secondary N) is 1. The van der Waals surface area contributed by atoms with Gasteiger partial charge in [0.05, 0.1) is 5.54 Å². The Morgan fingerprint density at radius 2 is 2.27 bits per heavy atom. The molecule has 15 heavy (non-hydrogen) atoms. The Balaban J connectivity index is 2.00. The van der Waals surface area contributed by atoms with Crippen LogP contribution in [0.15, 0.2) is 0 Å². The zero-order valence-electron chi connectivity index (χ0n) is 9.40. The molecule has 1 aliphatic heterocycles. The molecule has 0 saturated carbocycles. The molecule has 1 saturated heterocycles. The van der Waals surface area contributed by atoms with Gasteiger partial charge in [0.1, 0.15) is 6.10 Å². The summed E-state index contributed by atoms with van der Waals surface area (Å²) in [5.41, 5.74) is -0.150. The first-order valence-corrected chi connectivity index (χ1v) is 5.23. The van der Waals surface area contributed by atoms with Gasteiger partial charge < -0.3 is 10.1 Å². The first-order chi connectivity index (χ1) is 7.05. The number of ether oxygens (including phenoxy) is 1. The van der Waals surface area contributed by atoms with Gasteiger partial charge in [-0.15, -0.1) is 0 Å². The fourth-order valence-corrected chi connectivity index (χ4v) is 1.41. The minimum absolute atomic E-state index is 0.150. The normalized spacial score (nSPS) is 21.9. The average Bonchev–Trinajstić information content (AvgIpc) is 2.73. The Labute approximate surface area is 89.0 Å². The molecular formula is C9H17N5O. The summed E-state index contributed by atoms with van der Waals surface area (Å²) in [7, 11) is 0.